The van der Waals surface area contributed by atoms with Crippen molar-refractivity contribution in [3.63, 3.8) is 0 Å². The minimum atomic E-state index is 0. The number of hydrogen-bond acceptors (Lipinski definition) is 0. The van der Waals surface area contributed by atoms with Gasteiger partial charge in [0, 0.05) is 0 Å². The van der Waals surface area contributed by atoms with E-state index in [2.05, 4.69) is 59.7 Å². The van der Waals surface area contributed by atoms with E-state index in [-0.39, 0.29) is 27.8 Å². The van der Waals surface area contributed by atoms with Crippen LogP contribution in [-0.4, -0.2) is 21.7 Å². The fourth-order valence-electron chi connectivity index (χ4n) is 1.56. The summed E-state index contributed by atoms with van der Waals surface area (Å²) in [6, 6.07) is 6.98. The zero-order chi connectivity index (χ0) is 11.9. The summed E-state index contributed by atoms with van der Waals surface area (Å²) in [7, 11) is 0. The Morgan fingerprint density at radius 2 is 1.06 bits per heavy atom. The predicted octanol–water partition coefficient (Wildman–Crippen LogP) is 0.0794. The number of hydrogen-bond donors (Lipinski definition) is 0. The van der Waals surface area contributed by atoms with Gasteiger partial charge in [-0.05, 0) is 0 Å². The summed E-state index contributed by atoms with van der Waals surface area (Å²) >= 11 is 1.98. The van der Waals surface area contributed by atoms with Crippen molar-refractivity contribution in [3.8, 4) is 0 Å². The minimum Gasteiger partial charge on any atom is -1.00 e. The van der Waals surface area contributed by atoms with Crippen LogP contribution in [0.3, 0.4) is 0 Å². The molecule has 0 heterocycles. The zero-order valence-corrected chi connectivity index (χ0v) is 14.3. The molecule has 0 unspecified atom stereocenters. The van der Waals surface area contributed by atoms with Gasteiger partial charge in [-0.1, -0.05) is 0 Å². The van der Waals surface area contributed by atoms with Crippen LogP contribution in [0, 0.1) is 0 Å². The molecule has 0 N–H and O–H groups in total. The van der Waals surface area contributed by atoms with E-state index in [0.717, 1.165) is 0 Å². The Hall–Kier alpha value is 0.466. The first-order valence-electron chi connectivity index (χ1n) is 5.59. The second-order valence-corrected chi connectivity index (χ2v) is 7.24. The number of benzene rings is 1. The minimum absolute atomic E-state index is 0. The fourth-order valence-corrected chi connectivity index (χ4v) is 2.00. The summed E-state index contributed by atoms with van der Waals surface area (Å²) in [6.07, 6.45) is 0. The summed E-state index contributed by atoms with van der Waals surface area (Å²) in [5.74, 6) is 0. The van der Waals surface area contributed by atoms with Crippen molar-refractivity contribution in [1.82, 2.24) is 0 Å². The first-order valence-corrected chi connectivity index (χ1v) is 6.29. The van der Waals surface area contributed by atoms with Crippen LogP contribution in [0.25, 0.3) is 0 Å². The topological polar surface area (TPSA) is 0 Å². The largest absolute Gasteiger partial charge is 1.00 e. The van der Waals surface area contributed by atoms with E-state index in [1.807, 2.05) is 21.7 Å². The smallest absolute Gasteiger partial charge is 1.00 e. The Labute approximate surface area is 123 Å². The Bertz CT molecular complexity index is 324. The maximum Gasteiger partial charge on any atom is -1.00 e. The van der Waals surface area contributed by atoms with Crippen molar-refractivity contribution < 1.29 is 17.0 Å². The van der Waals surface area contributed by atoms with Gasteiger partial charge in [0.1, 0.15) is 0 Å². The van der Waals surface area contributed by atoms with Gasteiger partial charge < -0.3 is 17.0 Å². The van der Waals surface area contributed by atoms with Crippen LogP contribution in [0.2, 0.25) is 0 Å². The number of rotatable bonds is 0. The molecule has 1 aromatic rings. The third-order valence-corrected chi connectivity index (χ3v) is 3.13. The van der Waals surface area contributed by atoms with Crippen molar-refractivity contribution in [3.05, 3.63) is 29.3 Å². The van der Waals surface area contributed by atoms with Crippen LogP contribution < -0.4 is 20.7 Å². The van der Waals surface area contributed by atoms with Crippen LogP contribution in [-0.2, 0) is 10.8 Å². The Kier molecular flexibility index (Phi) is 5.56. The maximum atomic E-state index is 2.36. The molecule has 0 amide bonds. The van der Waals surface area contributed by atoms with Gasteiger partial charge in [-0.15, -0.1) is 0 Å². The molecule has 0 fully saturated rings. The molecule has 0 aliphatic heterocycles. The summed E-state index contributed by atoms with van der Waals surface area (Å²) in [5.41, 5.74) is 3.38. The van der Waals surface area contributed by atoms with Crippen molar-refractivity contribution in [2.45, 2.75) is 52.4 Å². The first-order chi connectivity index (χ1) is 6.60. The molecule has 0 aromatic heterocycles. The van der Waals surface area contributed by atoms with Gasteiger partial charge in [-0.2, -0.15) is 0 Å². The molecular weight excluding hydrogens is 272 g/mol. The van der Waals surface area contributed by atoms with E-state index >= 15 is 0 Å². The van der Waals surface area contributed by atoms with E-state index in [9.17, 15) is 0 Å². The van der Waals surface area contributed by atoms with Gasteiger partial charge in [0.15, 0.2) is 0 Å². The Morgan fingerprint density at radius 1 is 0.750 bits per heavy atom. The Morgan fingerprint density at radius 3 is 1.31 bits per heavy atom. The third-order valence-electron chi connectivity index (χ3n) is 2.72. The van der Waals surface area contributed by atoms with Gasteiger partial charge in [-0.25, -0.2) is 0 Å². The fraction of sp³-hybridized carbons (Fsp3) is 0.571. The van der Waals surface area contributed by atoms with Gasteiger partial charge in [0.05, 0.1) is 0 Å². The summed E-state index contributed by atoms with van der Waals surface area (Å²) < 4.78 is 1.40. The van der Waals surface area contributed by atoms with E-state index in [1.54, 1.807) is 0 Å². The zero-order valence-electron chi connectivity index (χ0n) is 11.3. The molecule has 86 valence electrons. The molecule has 0 saturated heterocycles. The molecule has 0 spiro atoms. The standard InChI is InChI=1S/C14H21.BrH.Mg/c1-13(2,3)11-8-7-9-12(10-11)14(4,5)6;;/h8-10H,1-6H3;1H;/q;;+1/p-1. The van der Waals surface area contributed by atoms with Crippen LogP contribution >= 0.6 is 0 Å². The second kappa shape index (κ2) is 5.41. The van der Waals surface area contributed by atoms with Crippen LogP contribution in [0.1, 0.15) is 52.7 Å². The van der Waals surface area contributed by atoms with Gasteiger partial charge >= 0.3 is 107 Å². The van der Waals surface area contributed by atoms with Crippen molar-refractivity contribution in [1.29, 1.82) is 0 Å². The SMILES string of the molecule is CC(C)(C)c1c[c]([Mg+])cc(C(C)(C)C)c1.[Br-]. The van der Waals surface area contributed by atoms with Crippen molar-refractivity contribution in [2.75, 3.05) is 0 Å². The molecule has 0 nitrogen and oxygen atoms in total. The van der Waals surface area contributed by atoms with E-state index in [1.165, 1.54) is 14.8 Å². The normalized spacial score (nSPS) is 12.2. The summed E-state index contributed by atoms with van der Waals surface area (Å²) in [6.45, 7) is 13.7. The third kappa shape index (κ3) is 4.38. The van der Waals surface area contributed by atoms with E-state index in [4.69, 9.17) is 0 Å². The van der Waals surface area contributed by atoms with E-state index < -0.39 is 0 Å². The molecule has 1 rings (SSSR count). The summed E-state index contributed by atoms with van der Waals surface area (Å²) in [4.78, 5) is 0. The Balaban J connectivity index is 0.00000225. The second-order valence-electron chi connectivity index (χ2n) is 6.42. The van der Waals surface area contributed by atoms with Gasteiger partial charge in [-0.3, -0.25) is 0 Å². The van der Waals surface area contributed by atoms with Crippen LogP contribution in [0.15, 0.2) is 18.2 Å². The molecule has 2 heteroatoms. The van der Waals surface area contributed by atoms with Crippen molar-refractivity contribution in [2.24, 2.45) is 0 Å². The monoisotopic (exact) mass is 292 g/mol. The molecule has 0 atom stereocenters. The molecule has 16 heavy (non-hydrogen) atoms. The molecule has 0 aliphatic rings. The molecule has 0 radical (unpaired) electrons. The van der Waals surface area contributed by atoms with Crippen LogP contribution in [0.5, 0.6) is 0 Å². The van der Waals surface area contributed by atoms with Crippen LogP contribution in [0.4, 0.5) is 0 Å². The maximum absolute atomic E-state index is 2.36. The number of halogens is 1. The molecule has 0 saturated carbocycles. The molecule has 1 aromatic carbocycles. The van der Waals surface area contributed by atoms with Gasteiger partial charge in [0.25, 0.3) is 0 Å². The average Bonchev–Trinajstić information content (AvgIpc) is 1.99. The first kappa shape index (κ1) is 16.5. The summed E-state index contributed by atoms with van der Waals surface area (Å²) in [5, 5.41) is 0. The molecular formula is C14H21BrMg. The predicted molar refractivity (Wildman–Crippen MR) is 69.2 cm³/mol. The molecule has 0 aliphatic carbocycles. The quantitative estimate of drug-likeness (QED) is 0.594. The van der Waals surface area contributed by atoms with Crippen molar-refractivity contribution >= 4 is 25.4 Å². The molecule has 0 bridgehead atoms. The van der Waals surface area contributed by atoms with E-state index in [0.29, 0.717) is 0 Å². The van der Waals surface area contributed by atoms with Gasteiger partial charge in [0.2, 0.25) is 0 Å². The average molecular weight is 294 g/mol.